The molecule has 0 aliphatic carbocycles. The van der Waals surface area contributed by atoms with Gasteiger partial charge in [-0.3, -0.25) is 9.05 Å². The van der Waals surface area contributed by atoms with E-state index in [2.05, 4.69) is 17.0 Å². The number of rotatable bonds is 17. The predicted octanol–water partition coefficient (Wildman–Crippen LogP) is 2.44. The number of fused-ring (bicyclic) bond motifs is 1. The van der Waals surface area contributed by atoms with E-state index in [0.717, 1.165) is 12.8 Å². The molecule has 1 saturated heterocycles. The van der Waals surface area contributed by atoms with Gasteiger partial charge in [0.25, 0.3) is 0 Å². The fourth-order valence-electron chi connectivity index (χ4n) is 4.36. The summed E-state index contributed by atoms with van der Waals surface area (Å²) in [6.45, 7) is 2.54. The largest absolute Gasteiger partial charge is 0.472 e. The monoisotopic (exact) mass is 555 g/mol. The smallest absolute Gasteiger partial charge is 0.387 e. The molecule has 38 heavy (non-hydrogen) atoms. The summed E-state index contributed by atoms with van der Waals surface area (Å²) in [5.74, 6) is 0.147. The van der Waals surface area contributed by atoms with E-state index in [9.17, 15) is 24.9 Å². The number of nitrogens with two attached hydrogens (primary N) is 1. The predicted molar refractivity (Wildman–Crippen MR) is 137 cm³/mol. The summed E-state index contributed by atoms with van der Waals surface area (Å²) in [5, 5.41) is 35.2. The van der Waals surface area contributed by atoms with Crippen molar-refractivity contribution in [2.24, 2.45) is 0 Å². The van der Waals surface area contributed by atoms with Gasteiger partial charge in [-0.2, -0.15) is 10.4 Å². The zero-order valence-corrected chi connectivity index (χ0v) is 22.5. The number of nitriles is 1. The third-order valence-electron chi connectivity index (χ3n) is 6.47. The Morgan fingerprint density at radius 2 is 1.84 bits per heavy atom. The average Bonchev–Trinajstić information content (AvgIpc) is 3.44. The Balaban J connectivity index is 1.42. The van der Waals surface area contributed by atoms with Crippen LogP contribution in [0.2, 0.25) is 0 Å². The van der Waals surface area contributed by atoms with E-state index in [0.29, 0.717) is 25.2 Å². The first-order valence-electron chi connectivity index (χ1n) is 13.0. The Kier molecular flexibility index (Phi) is 11.4. The van der Waals surface area contributed by atoms with Crippen molar-refractivity contribution in [1.29, 1.82) is 5.26 Å². The number of phosphoric ester groups is 1. The molecule has 3 rings (SSSR count). The number of nitrogen functional groups attached to an aromatic ring is 1. The van der Waals surface area contributed by atoms with Gasteiger partial charge in [0.1, 0.15) is 36.2 Å². The van der Waals surface area contributed by atoms with Crippen molar-refractivity contribution in [3.63, 3.8) is 0 Å². The molecule has 0 saturated carbocycles. The molecule has 1 aliphatic rings. The van der Waals surface area contributed by atoms with Crippen LogP contribution in [0.1, 0.15) is 64.0 Å². The summed E-state index contributed by atoms with van der Waals surface area (Å²) in [7, 11) is -4.48. The van der Waals surface area contributed by atoms with Gasteiger partial charge >= 0.3 is 7.82 Å². The molecule has 5 atom stereocenters. The van der Waals surface area contributed by atoms with Gasteiger partial charge in [-0.1, -0.05) is 45.4 Å². The number of ether oxygens (including phenoxy) is 2. The highest BCUT2D eigenvalue weighted by molar-refractivity contribution is 7.47. The fraction of sp³-hybridized carbons (Fsp3) is 0.708. The Morgan fingerprint density at radius 1 is 1.13 bits per heavy atom. The number of phosphoric acid groups is 1. The minimum Gasteiger partial charge on any atom is -0.387 e. The van der Waals surface area contributed by atoms with E-state index < -0.39 is 38.3 Å². The van der Waals surface area contributed by atoms with Crippen molar-refractivity contribution in [2.45, 2.75) is 82.2 Å². The number of unbranched alkanes of at least 4 members (excludes halogenated alkanes) is 6. The highest BCUT2D eigenvalue weighted by Crippen LogP contribution is 2.46. The molecule has 2 aromatic rings. The van der Waals surface area contributed by atoms with E-state index in [1.54, 1.807) is 6.07 Å². The first kappa shape index (κ1) is 30.4. The lowest BCUT2D eigenvalue weighted by atomic mass is 9.92. The first-order chi connectivity index (χ1) is 18.3. The van der Waals surface area contributed by atoms with Crippen LogP contribution in [0.15, 0.2) is 18.5 Å². The Morgan fingerprint density at radius 3 is 2.58 bits per heavy atom. The molecular formula is C24H38N5O8P. The zero-order chi connectivity index (χ0) is 27.6. The van der Waals surface area contributed by atoms with Crippen LogP contribution in [0.5, 0.6) is 0 Å². The van der Waals surface area contributed by atoms with E-state index in [1.807, 2.05) is 6.07 Å². The first-order valence-corrected chi connectivity index (χ1v) is 14.5. The van der Waals surface area contributed by atoms with Gasteiger partial charge in [0.15, 0.2) is 5.82 Å². The van der Waals surface area contributed by atoms with Gasteiger partial charge in [-0.25, -0.2) is 14.1 Å². The highest BCUT2D eigenvalue weighted by Gasteiger charge is 2.57. The second-order valence-electron chi connectivity index (χ2n) is 9.28. The maximum Gasteiger partial charge on any atom is 0.472 e. The minimum atomic E-state index is -4.48. The fourth-order valence-corrected chi connectivity index (χ4v) is 5.13. The summed E-state index contributed by atoms with van der Waals surface area (Å²) in [6.07, 6.45) is 5.32. The van der Waals surface area contributed by atoms with Crippen LogP contribution in [0.3, 0.4) is 0 Å². The second-order valence-corrected chi connectivity index (χ2v) is 10.7. The van der Waals surface area contributed by atoms with E-state index in [4.69, 9.17) is 24.3 Å². The third kappa shape index (κ3) is 7.49. The summed E-state index contributed by atoms with van der Waals surface area (Å²) in [5.41, 5.74) is 4.29. The molecule has 0 amide bonds. The van der Waals surface area contributed by atoms with Crippen LogP contribution in [-0.4, -0.2) is 74.4 Å². The molecule has 1 aliphatic heterocycles. The summed E-state index contributed by atoms with van der Waals surface area (Å²) < 4.78 is 34.8. The van der Waals surface area contributed by atoms with Gasteiger partial charge in [0.05, 0.1) is 18.9 Å². The molecule has 1 unspecified atom stereocenters. The van der Waals surface area contributed by atoms with Crippen molar-refractivity contribution >= 4 is 19.2 Å². The molecule has 0 radical (unpaired) electrons. The number of nitrogens with zero attached hydrogens (tertiary/aromatic N) is 4. The lowest BCUT2D eigenvalue weighted by Gasteiger charge is -2.24. The molecule has 3 heterocycles. The SMILES string of the molecule is CCCCCCCCCOCCCOP(=O)(O)OC[C@H]1O[C@@](C#N)(c2ccc3c(N)ncnn23)[C@H](O)[C@@H]1O. The summed E-state index contributed by atoms with van der Waals surface area (Å²) in [4.78, 5) is 13.9. The van der Waals surface area contributed by atoms with Gasteiger partial charge in [0, 0.05) is 13.2 Å². The van der Waals surface area contributed by atoms with E-state index in [1.165, 1.54) is 49.0 Å². The van der Waals surface area contributed by atoms with Gasteiger partial charge < -0.3 is 30.3 Å². The van der Waals surface area contributed by atoms with Crippen molar-refractivity contribution in [3.8, 4) is 6.07 Å². The topological polar surface area (TPSA) is 195 Å². The third-order valence-corrected chi connectivity index (χ3v) is 7.45. The molecule has 0 spiro atoms. The van der Waals surface area contributed by atoms with Crippen molar-refractivity contribution in [2.75, 3.05) is 32.2 Å². The lowest BCUT2D eigenvalue weighted by molar-refractivity contribution is -0.0643. The Labute approximate surface area is 222 Å². The van der Waals surface area contributed by atoms with Crippen molar-refractivity contribution in [3.05, 3.63) is 24.2 Å². The Bertz CT molecular complexity index is 1110. The number of hydrogen-bond acceptors (Lipinski definition) is 11. The van der Waals surface area contributed by atoms with Gasteiger partial charge in [-0.15, -0.1) is 0 Å². The van der Waals surface area contributed by atoms with Crippen LogP contribution in [-0.2, 0) is 28.7 Å². The van der Waals surface area contributed by atoms with E-state index in [-0.39, 0.29) is 18.1 Å². The standard InChI is InChI=1S/C24H38N5O8P/c1-2-3-4-5-6-7-8-12-34-13-9-14-35-38(32,33)36-15-19-21(30)22(31)24(16-25,37-19)20-11-10-18-23(26)27-17-28-29(18)20/h10-11,17,19,21-22,30-31H,2-9,12-15H2,1H3,(H,32,33)(H2,26,27,28)/t19-,21-,22-,24+/m1/s1. The molecule has 1 fully saturated rings. The molecule has 212 valence electrons. The quantitative estimate of drug-likeness (QED) is 0.165. The maximum atomic E-state index is 12.3. The summed E-state index contributed by atoms with van der Waals surface area (Å²) in [6, 6.07) is 4.91. The van der Waals surface area contributed by atoms with Crippen LogP contribution in [0, 0.1) is 11.3 Å². The number of anilines is 1. The van der Waals surface area contributed by atoms with Crippen LogP contribution in [0.25, 0.3) is 5.52 Å². The molecule has 5 N–H and O–H groups in total. The molecule has 0 aromatic carbocycles. The number of aromatic nitrogens is 3. The minimum absolute atomic E-state index is 0.0685. The molecule has 0 bridgehead atoms. The zero-order valence-electron chi connectivity index (χ0n) is 21.6. The molecule has 14 heteroatoms. The summed E-state index contributed by atoms with van der Waals surface area (Å²) >= 11 is 0. The highest BCUT2D eigenvalue weighted by atomic mass is 31.2. The second kappa shape index (κ2) is 14.3. The van der Waals surface area contributed by atoms with Crippen molar-refractivity contribution < 1.29 is 38.2 Å². The average molecular weight is 556 g/mol. The number of aliphatic hydroxyl groups is 2. The maximum absolute atomic E-state index is 12.3. The number of aliphatic hydroxyl groups excluding tert-OH is 2. The number of hydrogen-bond donors (Lipinski definition) is 4. The van der Waals surface area contributed by atoms with E-state index >= 15 is 0 Å². The van der Waals surface area contributed by atoms with Crippen LogP contribution >= 0.6 is 7.82 Å². The van der Waals surface area contributed by atoms with Crippen LogP contribution < -0.4 is 5.73 Å². The molecule has 2 aromatic heterocycles. The molecule has 13 nitrogen and oxygen atoms in total. The Hall–Kier alpha value is -2.14. The van der Waals surface area contributed by atoms with Gasteiger partial charge in [0.2, 0.25) is 5.60 Å². The lowest BCUT2D eigenvalue weighted by Crippen LogP contribution is -2.41. The van der Waals surface area contributed by atoms with Crippen LogP contribution in [0.4, 0.5) is 5.82 Å². The van der Waals surface area contributed by atoms with Crippen molar-refractivity contribution in [1.82, 2.24) is 14.6 Å². The normalized spacial score (nSPS) is 25.0. The molecular weight excluding hydrogens is 517 g/mol. The van der Waals surface area contributed by atoms with Gasteiger partial charge in [-0.05, 0) is 25.0 Å².